The Kier molecular flexibility index (Phi) is 4.83. The van der Waals surface area contributed by atoms with E-state index in [9.17, 15) is 4.79 Å². The van der Waals surface area contributed by atoms with Crippen molar-refractivity contribution >= 4 is 11.6 Å². The summed E-state index contributed by atoms with van der Waals surface area (Å²) in [6, 6.07) is 5.71. The monoisotopic (exact) mass is 340 g/mol. The van der Waals surface area contributed by atoms with Crippen molar-refractivity contribution in [1.29, 1.82) is 0 Å². The third kappa shape index (κ3) is 3.70. The molecule has 25 heavy (non-hydrogen) atoms. The minimum atomic E-state index is -0.0389. The van der Waals surface area contributed by atoms with E-state index in [0.29, 0.717) is 24.7 Å². The van der Waals surface area contributed by atoms with Gasteiger partial charge >= 0.3 is 0 Å². The largest absolute Gasteiger partial charge is 0.348 e. The zero-order chi connectivity index (χ0) is 18.0. The predicted molar refractivity (Wildman–Crippen MR) is 95.1 cm³/mol. The lowest BCUT2D eigenvalue weighted by molar-refractivity contribution is -0.120. The highest BCUT2D eigenvalue weighted by atomic mass is 16.1. The summed E-state index contributed by atoms with van der Waals surface area (Å²) in [5, 5.41) is 15.7. The topological polar surface area (TPSA) is 77.1 Å². The van der Waals surface area contributed by atoms with Crippen LogP contribution in [0.3, 0.4) is 0 Å². The van der Waals surface area contributed by atoms with E-state index in [-0.39, 0.29) is 5.91 Å². The molecule has 7 heteroatoms. The quantitative estimate of drug-likeness (QED) is 0.745. The maximum Gasteiger partial charge on any atom is 0.224 e. The number of carbonyl (C=O) groups excluding carboxylic acids is 1. The first-order valence-electron chi connectivity index (χ1n) is 8.54. The van der Waals surface area contributed by atoms with Crippen LogP contribution in [0.25, 0.3) is 5.65 Å². The number of nitrogens with one attached hydrogen (secondary N) is 1. The molecule has 132 valence electrons. The summed E-state index contributed by atoms with van der Waals surface area (Å²) < 4.78 is 3.87. The number of nitrogens with zero attached hydrogens (tertiary/aromatic N) is 5. The van der Waals surface area contributed by atoms with Gasteiger partial charge < -0.3 is 5.32 Å². The molecular weight excluding hydrogens is 316 g/mol. The maximum atomic E-state index is 12.4. The van der Waals surface area contributed by atoms with Crippen molar-refractivity contribution in [2.24, 2.45) is 5.92 Å². The van der Waals surface area contributed by atoms with Gasteiger partial charge in [0.2, 0.25) is 5.91 Å². The molecule has 0 unspecified atom stereocenters. The van der Waals surface area contributed by atoms with Crippen LogP contribution >= 0.6 is 0 Å². The van der Waals surface area contributed by atoms with Crippen LogP contribution in [0.2, 0.25) is 0 Å². The number of amides is 1. The van der Waals surface area contributed by atoms with Gasteiger partial charge in [-0.05, 0) is 31.9 Å². The molecule has 0 aliphatic heterocycles. The Balaban J connectivity index is 1.66. The number of hydrogen-bond acceptors (Lipinski definition) is 4. The summed E-state index contributed by atoms with van der Waals surface area (Å²) in [6.07, 6.45) is 2.22. The molecule has 0 saturated carbocycles. The molecule has 3 rings (SSSR count). The molecule has 0 aliphatic rings. The van der Waals surface area contributed by atoms with Crippen molar-refractivity contribution in [2.75, 3.05) is 0 Å². The third-order valence-corrected chi connectivity index (χ3v) is 4.23. The van der Waals surface area contributed by atoms with Crippen LogP contribution in [-0.4, -0.2) is 30.3 Å². The zero-order valence-electron chi connectivity index (χ0n) is 15.2. The summed E-state index contributed by atoms with van der Waals surface area (Å²) in [4.78, 5) is 12.4. The molecule has 0 bridgehead atoms. The Morgan fingerprint density at radius 3 is 2.80 bits per heavy atom. The van der Waals surface area contributed by atoms with Crippen LogP contribution in [0.1, 0.15) is 36.6 Å². The van der Waals surface area contributed by atoms with Crippen molar-refractivity contribution in [3.8, 4) is 0 Å². The van der Waals surface area contributed by atoms with Gasteiger partial charge in [-0.25, -0.2) is 0 Å². The molecule has 0 atom stereocenters. The fourth-order valence-corrected chi connectivity index (χ4v) is 2.93. The molecule has 3 heterocycles. The van der Waals surface area contributed by atoms with Gasteiger partial charge in [-0.2, -0.15) is 5.10 Å². The summed E-state index contributed by atoms with van der Waals surface area (Å²) >= 11 is 0. The molecule has 3 aromatic rings. The molecule has 0 aromatic carbocycles. The second kappa shape index (κ2) is 7.04. The first kappa shape index (κ1) is 17.1. The van der Waals surface area contributed by atoms with E-state index >= 15 is 0 Å². The molecular formula is C18H24N6O. The van der Waals surface area contributed by atoms with Gasteiger partial charge in [0, 0.05) is 24.0 Å². The minimum absolute atomic E-state index is 0.0389. The van der Waals surface area contributed by atoms with Gasteiger partial charge in [-0.1, -0.05) is 19.9 Å². The summed E-state index contributed by atoms with van der Waals surface area (Å²) in [6.45, 7) is 9.51. The Hall–Kier alpha value is -2.70. The van der Waals surface area contributed by atoms with Crippen LogP contribution in [0, 0.1) is 19.8 Å². The minimum Gasteiger partial charge on any atom is -0.348 e. The maximum absolute atomic E-state index is 12.4. The van der Waals surface area contributed by atoms with Gasteiger partial charge in [-0.3, -0.25) is 13.9 Å². The number of pyridine rings is 1. The number of hydrogen-bond donors (Lipinski definition) is 1. The van der Waals surface area contributed by atoms with Gasteiger partial charge in [0.1, 0.15) is 0 Å². The lowest BCUT2D eigenvalue weighted by Crippen LogP contribution is -2.26. The SMILES string of the molecule is Cc1nn(CC(C)C)c(C)c1CC(=O)NCc1nnc2ccccn12. The Morgan fingerprint density at radius 2 is 2.04 bits per heavy atom. The number of fused-ring (bicyclic) bond motifs is 1. The molecule has 1 amide bonds. The lowest BCUT2D eigenvalue weighted by Gasteiger charge is -2.08. The fourth-order valence-electron chi connectivity index (χ4n) is 2.93. The van der Waals surface area contributed by atoms with Crippen molar-refractivity contribution in [2.45, 2.75) is 47.2 Å². The van der Waals surface area contributed by atoms with Crippen LogP contribution < -0.4 is 5.32 Å². The number of rotatable bonds is 6. The van der Waals surface area contributed by atoms with E-state index in [1.165, 1.54) is 0 Å². The molecule has 0 spiro atoms. The highest BCUT2D eigenvalue weighted by Gasteiger charge is 2.16. The fraction of sp³-hybridized carbons (Fsp3) is 0.444. The second-order valence-electron chi connectivity index (χ2n) is 6.72. The molecule has 0 radical (unpaired) electrons. The van der Waals surface area contributed by atoms with E-state index < -0.39 is 0 Å². The molecule has 0 fully saturated rings. The van der Waals surface area contributed by atoms with Crippen molar-refractivity contribution in [1.82, 2.24) is 29.7 Å². The van der Waals surface area contributed by atoms with Crippen molar-refractivity contribution in [3.63, 3.8) is 0 Å². The molecule has 0 aliphatic carbocycles. The lowest BCUT2D eigenvalue weighted by atomic mass is 10.1. The van der Waals surface area contributed by atoms with Crippen molar-refractivity contribution in [3.05, 3.63) is 47.2 Å². The van der Waals surface area contributed by atoms with E-state index in [1.807, 2.05) is 47.3 Å². The number of aromatic nitrogens is 5. The molecule has 7 nitrogen and oxygen atoms in total. The van der Waals surface area contributed by atoms with E-state index in [2.05, 4.69) is 34.5 Å². The summed E-state index contributed by atoms with van der Waals surface area (Å²) in [5.41, 5.74) is 3.76. The summed E-state index contributed by atoms with van der Waals surface area (Å²) in [7, 11) is 0. The average molecular weight is 340 g/mol. The van der Waals surface area contributed by atoms with Crippen molar-refractivity contribution < 1.29 is 4.79 Å². The first-order valence-corrected chi connectivity index (χ1v) is 8.54. The van der Waals surface area contributed by atoms with Gasteiger partial charge in [0.15, 0.2) is 11.5 Å². The Morgan fingerprint density at radius 1 is 1.24 bits per heavy atom. The summed E-state index contributed by atoms with van der Waals surface area (Å²) in [5.74, 6) is 1.19. The van der Waals surface area contributed by atoms with E-state index in [1.54, 1.807) is 0 Å². The third-order valence-electron chi connectivity index (χ3n) is 4.23. The molecule has 1 N–H and O–H groups in total. The van der Waals surface area contributed by atoms with E-state index in [4.69, 9.17) is 0 Å². The van der Waals surface area contributed by atoms with Gasteiger partial charge in [-0.15, -0.1) is 10.2 Å². The van der Waals surface area contributed by atoms with Crippen LogP contribution in [-0.2, 0) is 24.3 Å². The zero-order valence-corrected chi connectivity index (χ0v) is 15.2. The Bertz CT molecular complexity index is 892. The standard InChI is InChI=1S/C18H24N6O/c1-12(2)11-24-14(4)15(13(3)22-24)9-18(25)19-10-17-21-20-16-7-5-6-8-23(16)17/h5-8,12H,9-11H2,1-4H3,(H,19,25). The normalized spacial score (nSPS) is 11.4. The molecule has 0 saturated heterocycles. The molecule has 3 aromatic heterocycles. The van der Waals surface area contributed by atoms with Gasteiger partial charge in [0.05, 0.1) is 18.7 Å². The number of aryl methyl sites for hydroxylation is 1. The van der Waals surface area contributed by atoms with Crippen LogP contribution in [0.15, 0.2) is 24.4 Å². The number of carbonyl (C=O) groups is 1. The van der Waals surface area contributed by atoms with E-state index in [0.717, 1.165) is 29.1 Å². The van der Waals surface area contributed by atoms with Gasteiger partial charge in [0.25, 0.3) is 0 Å². The first-order chi connectivity index (χ1) is 12.0. The Labute approximate surface area is 147 Å². The highest BCUT2D eigenvalue weighted by molar-refractivity contribution is 5.79. The smallest absolute Gasteiger partial charge is 0.224 e. The second-order valence-corrected chi connectivity index (χ2v) is 6.72. The highest BCUT2D eigenvalue weighted by Crippen LogP contribution is 2.15. The average Bonchev–Trinajstić information content (AvgIpc) is 3.09. The van der Waals surface area contributed by atoms with Crippen LogP contribution in [0.5, 0.6) is 0 Å². The predicted octanol–water partition coefficient (Wildman–Crippen LogP) is 2.06. The van der Waals surface area contributed by atoms with Crippen LogP contribution in [0.4, 0.5) is 0 Å².